The van der Waals surface area contributed by atoms with Gasteiger partial charge in [0.2, 0.25) is 5.91 Å². The maximum absolute atomic E-state index is 11.9. The van der Waals surface area contributed by atoms with Gasteiger partial charge < -0.3 is 15.8 Å². The number of hydrogen-bond acceptors (Lipinski definition) is 5. The van der Waals surface area contributed by atoms with Gasteiger partial charge in [0.15, 0.2) is 0 Å². The highest BCUT2D eigenvalue weighted by Gasteiger charge is 2.34. The minimum absolute atomic E-state index is 0.223. The summed E-state index contributed by atoms with van der Waals surface area (Å²) in [5, 5.41) is 2.69. The standard InChI is InChI=1S/C14H20N4O4/c1-3-4-11(19)16-6-10-9(15)5-12(22-10)18-7-8(2)13(20)17-14(18)21/h3-4,7,9-10,12H,5-6,15H2,1-2H3,(H,16,19)(H,17,20,21)/b4-3+/t9-,10+,12+/m0/s1. The molecular weight excluding hydrogens is 288 g/mol. The number of nitrogens with zero attached hydrogens (tertiary/aromatic N) is 1. The average Bonchev–Trinajstić information content (AvgIpc) is 2.82. The van der Waals surface area contributed by atoms with Crippen LogP contribution in [0.3, 0.4) is 0 Å². The van der Waals surface area contributed by atoms with E-state index in [1.165, 1.54) is 16.8 Å². The fourth-order valence-corrected chi connectivity index (χ4v) is 2.33. The molecule has 0 unspecified atom stereocenters. The Morgan fingerprint density at radius 2 is 2.32 bits per heavy atom. The van der Waals surface area contributed by atoms with E-state index in [9.17, 15) is 14.4 Å². The molecule has 8 heteroatoms. The third-order valence-electron chi connectivity index (χ3n) is 3.53. The van der Waals surface area contributed by atoms with Crippen LogP contribution in [-0.4, -0.2) is 34.1 Å². The molecule has 0 radical (unpaired) electrons. The van der Waals surface area contributed by atoms with Crippen molar-refractivity contribution in [3.8, 4) is 0 Å². The second-order valence-corrected chi connectivity index (χ2v) is 5.25. The Balaban J connectivity index is 2.08. The molecular formula is C14H20N4O4. The third kappa shape index (κ3) is 3.52. The lowest BCUT2D eigenvalue weighted by Crippen LogP contribution is -2.40. The van der Waals surface area contributed by atoms with Crippen LogP contribution in [0.1, 0.15) is 25.1 Å². The summed E-state index contributed by atoms with van der Waals surface area (Å²) in [6.45, 7) is 3.62. The zero-order chi connectivity index (χ0) is 16.3. The summed E-state index contributed by atoms with van der Waals surface area (Å²) >= 11 is 0. The predicted octanol–water partition coefficient (Wildman–Crippen LogP) is -0.848. The quantitative estimate of drug-likeness (QED) is 0.626. The molecule has 0 bridgehead atoms. The Labute approximate surface area is 127 Å². The number of H-pyrrole nitrogens is 1. The summed E-state index contributed by atoms with van der Waals surface area (Å²) in [5.41, 5.74) is 5.47. The molecule has 120 valence electrons. The van der Waals surface area contributed by atoms with Crippen LogP contribution in [0.5, 0.6) is 0 Å². The Morgan fingerprint density at radius 1 is 1.59 bits per heavy atom. The van der Waals surface area contributed by atoms with Gasteiger partial charge in [-0.05, 0) is 19.9 Å². The van der Waals surface area contributed by atoms with Crippen molar-refractivity contribution in [2.45, 2.75) is 38.6 Å². The molecule has 1 fully saturated rings. The first-order valence-electron chi connectivity index (χ1n) is 7.06. The number of carbonyl (C=O) groups is 1. The van der Waals surface area contributed by atoms with Gasteiger partial charge in [-0.25, -0.2) is 4.79 Å². The molecule has 0 aliphatic carbocycles. The fraction of sp³-hybridized carbons (Fsp3) is 0.500. The number of carbonyl (C=O) groups excluding carboxylic acids is 1. The van der Waals surface area contributed by atoms with Crippen LogP contribution in [0, 0.1) is 6.92 Å². The molecule has 1 aliphatic rings. The first-order chi connectivity index (χ1) is 10.4. The summed E-state index contributed by atoms with van der Waals surface area (Å²) in [5.74, 6) is -0.223. The number of amides is 1. The Morgan fingerprint density at radius 3 is 3.00 bits per heavy atom. The smallest absolute Gasteiger partial charge is 0.330 e. The highest BCUT2D eigenvalue weighted by Crippen LogP contribution is 2.25. The first kappa shape index (κ1) is 16.2. The molecule has 2 heterocycles. The predicted molar refractivity (Wildman–Crippen MR) is 80.4 cm³/mol. The van der Waals surface area contributed by atoms with Gasteiger partial charge in [-0.15, -0.1) is 0 Å². The van der Waals surface area contributed by atoms with E-state index in [0.29, 0.717) is 12.0 Å². The van der Waals surface area contributed by atoms with Crippen molar-refractivity contribution < 1.29 is 9.53 Å². The highest BCUT2D eigenvalue weighted by atomic mass is 16.5. The first-order valence-corrected chi connectivity index (χ1v) is 7.06. The van der Waals surface area contributed by atoms with E-state index in [2.05, 4.69) is 10.3 Å². The molecule has 3 atom stereocenters. The zero-order valence-electron chi connectivity index (χ0n) is 12.5. The van der Waals surface area contributed by atoms with Gasteiger partial charge in [-0.2, -0.15) is 0 Å². The van der Waals surface area contributed by atoms with Gasteiger partial charge in [0.25, 0.3) is 5.56 Å². The number of allylic oxidation sites excluding steroid dienone is 1. The SMILES string of the molecule is C/C=C/C(=O)NC[C@H]1O[C@@H](n2cc(C)c(=O)[nH]c2=O)C[C@@H]1N. The van der Waals surface area contributed by atoms with E-state index < -0.39 is 23.6 Å². The molecule has 8 nitrogen and oxygen atoms in total. The number of ether oxygens (including phenoxy) is 1. The highest BCUT2D eigenvalue weighted by molar-refractivity contribution is 5.87. The van der Waals surface area contributed by atoms with E-state index in [0.717, 1.165) is 0 Å². The maximum atomic E-state index is 11.9. The lowest BCUT2D eigenvalue weighted by molar-refractivity contribution is -0.117. The summed E-state index contributed by atoms with van der Waals surface area (Å²) in [7, 11) is 0. The van der Waals surface area contributed by atoms with Crippen molar-refractivity contribution in [3.05, 3.63) is 44.8 Å². The number of nitrogens with one attached hydrogen (secondary N) is 2. The van der Waals surface area contributed by atoms with E-state index in [-0.39, 0.29) is 18.5 Å². The van der Waals surface area contributed by atoms with Crippen LogP contribution < -0.4 is 22.3 Å². The molecule has 4 N–H and O–H groups in total. The number of hydrogen-bond donors (Lipinski definition) is 3. The number of aromatic nitrogens is 2. The Kier molecular flexibility index (Phi) is 4.94. The van der Waals surface area contributed by atoms with Crippen LogP contribution in [0.25, 0.3) is 0 Å². The van der Waals surface area contributed by atoms with Gasteiger partial charge in [0.1, 0.15) is 6.23 Å². The second-order valence-electron chi connectivity index (χ2n) is 5.25. The van der Waals surface area contributed by atoms with Crippen molar-refractivity contribution in [1.29, 1.82) is 0 Å². The molecule has 22 heavy (non-hydrogen) atoms. The van der Waals surface area contributed by atoms with Gasteiger partial charge in [0, 0.05) is 30.8 Å². The Bertz CT molecular complexity index is 691. The monoisotopic (exact) mass is 308 g/mol. The van der Waals surface area contributed by atoms with E-state index >= 15 is 0 Å². The number of rotatable bonds is 4. The largest absolute Gasteiger partial charge is 0.351 e. The van der Waals surface area contributed by atoms with E-state index in [4.69, 9.17) is 10.5 Å². The van der Waals surface area contributed by atoms with Gasteiger partial charge >= 0.3 is 5.69 Å². The third-order valence-corrected chi connectivity index (χ3v) is 3.53. The van der Waals surface area contributed by atoms with Crippen molar-refractivity contribution >= 4 is 5.91 Å². The Hall–Kier alpha value is -2.19. The minimum atomic E-state index is -0.554. The van der Waals surface area contributed by atoms with Crippen LogP contribution in [0.15, 0.2) is 27.9 Å². The summed E-state index contributed by atoms with van der Waals surface area (Å²) in [6, 6.07) is -0.310. The van der Waals surface area contributed by atoms with Crippen LogP contribution in [0.4, 0.5) is 0 Å². The van der Waals surface area contributed by atoms with Gasteiger partial charge in [-0.3, -0.25) is 19.1 Å². The minimum Gasteiger partial charge on any atom is -0.351 e. The fourth-order valence-electron chi connectivity index (χ4n) is 2.33. The average molecular weight is 308 g/mol. The van der Waals surface area contributed by atoms with Crippen molar-refractivity contribution in [2.24, 2.45) is 5.73 Å². The lowest BCUT2D eigenvalue weighted by atomic mass is 10.1. The second kappa shape index (κ2) is 6.71. The molecule has 1 aliphatic heterocycles. The summed E-state index contributed by atoms with van der Waals surface area (Å²) < 4.78 is 7.06. The van der Waals surface area contributed by atoms with Crippen LogP contribution in [-0.2, 0) is 9.53 Å². The molecule has 0 spiro atoms. The number of nitrogens with two attached hydrogens (primary N) is 1. The molecule has 0 aromatic carbocycles. The number of aromatic amines is 1. The molecule has 2 rings (SSSR count). The number of aryl methyl sites for hydroxylation is 1. The maximum Gasteiger partial charge on any atom is 0.330 e. The molecule has 1 aromatic heterocycles. The molecule has 1 saturated heterocycles. The topological polar surface area (TPSA) is 119 Å². The molecule has 0 saturated carbocycles. The summed E-state index contributed by atoms with van der Waals surface area (Å²) in [4.78, 5) is 36.9. The van der Waals surface area contributed by atoms with Crippen LogP contribution in [0.2, 0.25) is 0 Å². The summed E-state index contributed by atoms with van der Waals surface area (Å²) in [6.07, 6.45) is 3.98. The lowest BCUT2D eigenvalue weighted by Gasteiger charge is -2.16. The van der Waals surface area contributed by atoms with E-state index in [1.807, 2.05) is 0 Å². The normalized spacial score (nSPS) is 24.8. The van der Waals surface area contributed by atoms with Gasteiger partial charge in [-0.1, -0.05) is 6.08 Å². The van der Waals surface area contributed by atoms with Crippen LogP contribution >= 0.6 is 0 Å². The van der Waals surface area contributed by atoms with Crippen molar-refractivity contribution in [3.63, 3.8) is 0 Å². The van der Waals surface area contributed by atoms with E-state index in [1.54, 1.807) is 19.9 Å². The molecule has 1 aromatic rings. The van der Waals surface area contributed by atoms with Crippen molar-refractivity contribution in [1.82, 2.24) is 14.9 Å². The molecule has 1 amide bonds. The van der Waals surface area contributed by atoms with Crippen molar-refractivity contribution in [2.75, 3.05) is 6.54 Å². The zero-order valence-corrected chi connectivity index (χ0v) is 12.5. The van der Waals surface area contributed by atoms with Gasteiger partial charge in [0.05, 0.1) is 6.10 Å².